The molecule has 0 aromatic rings. The smallest absolute Gasteiger partial charge is 0.545 e. The quantitative estimate of drug-likeness (QED) is 0.352. The Hall–Kier alpha value is 0.210. The molecule has 0 aromatic carbocycles. The second kappa shape index (κ2) is 8.31. The predicted octanol–water partition coefficient (Wildman–Crippen LogP) is -2.12. The fourth-order valence-electron chi connectivity index (χ4n) is 0.803. The molecule has 0 amide bonds. The molecule has 3 heteroatoms. The summed E-state index contributed by atoms with van der Waals surface area (Å²) in [5, 5.41) is 10.3. The van der Waals surface area contributed by atoms with E-state index in [1.54, 1.807) is 6.08 Å². The SMILES string of the molecule is CCC=C(CCC)C(=O)[O-].[Na+]. The van der Waals surface area contributed by atoms with Crippen molar-refractivity contribution in [2.75, 3.05) is 0 Å². The van der Waals surface area contributed by atoms with E-state index < -0.39 is 5.97 Å². The van der Waals surface area contributed by atoms with Gasteiger partial charge in [-0.1, -0.05) is 26.3 Å². The number of carboxylic acid groups (broad SMARTS) is 1. The molecule has 0 bridgehead atoms. The minimum absolute atomic E-state index is 0. The molecule has 0 rings (SSSR count). The van der Waals surface area contributed by atoms with E-state index in [0.717, 1.165) is 12.8 Å². The number of allylic oxidation sites excluding steroid dienone is 1. The number of aliphatic carboxylic acids is 1. The summed E-state index contributed by atoms with van der Waals surface area (Å²) in [4.78, 5) is 10.3. The normalized spacial score (nSPS) is 10.5. The Kier molecular flexibility index (Phi) is 10.4. The van der Waals surface area contributed by atoms with E-state index in [1.807, 2.05) is 13.8 Å². The average molecular weight is 164 g/mol. The van der Waals surface area contributed by atoms with E-state index in [1.165, 1.54) is 0 Å². The van der Waals surface area contributed by atoms with E-state index in [0.29, 0.717) is 12.0 Å². The number of hydrogen-bond acceptors (Lipinski definition) is 2. The molecule has 0 aliphatic rings. The van der Waals surface area contributed by atoms with Crippen LogP contribution in [0.5, 0.6) is 0 Å². The Labute approximate surface area is 90.0 Å². The maximum atomic E-state index is 10.3. The third-order valence-electron chi connectivity index (χ3n) is 1.23. The molecule has 58 valence electrons. The molecule has 0 N–H and O–H groups in total. The van der Waals surface area contributed by atoms with Crippen LogP contribution in [0.15, 0.2) is 11.6 Å². The van der Waals surface area contributed by atoms with E-state index in [4.69, 9.17) is 0 Å². The van der Waals surface area contributed by atoms with Crippen molar-refractivity contribution >= 4 is 5.97 Å². The Morgan fingerprint density at radius 1 is 1.45 bits per heavy atom. The van der Waals surface area contributed by atoms with Crippen LogP contribution in [0.1, 0.15) is 33.1 Å². The van der Waals surface area contributed by atoms with E-state index in [-0.39, 0.29) is 29.6 Å². The molecule has 0 unspecified atom stereocenters. The van der Waals surface area contributed by atoms with Crippen LogP contribution in [0.3, 0.4) is 0 Å². The number of rotatable bonds is 4. The fraction of sp³-hybridized carbons (Fsp3) is 0.625. The first-order valence-corrected chi connectivity index (χ1v) is 3.62. The first-order chi connectivity index (χ1) is 4.72. The fourth-order valence-corrected chi connectivity index (χ4v) is 0.803. The largest absolute Gasteiger partial charge is 1.00 e. The van der Waals surface area contributed by atoms with Crippen molar-refractivity contribution in [3.05, 3.63) is 11.6 Å². The molecule has 0 fully saturated rings. The molecular formula is C8H13NaO2. The maximum absolute atomic E-state index is 10.3. The number of carboxylic acids is 1. The molecule has 0 radical (unpaired) electrons. The summed E-state index contributed by atoms with van der Waals surface area (Å²) in [7, 11) is 0. The second-order valence-corrected chi connectivity index (χ2v) is 2.18. The van der Waals surface area contributed by atoms with Gasteiger partial charge in [0, 0.05) is 0 Å². The van der Waals surface area contributed by atoms with Gasteiger partial charge in [0.05, 0.1) is 5.97 Å². The van der Waals surface area contributed by atoms with Crippen LogP contribution in [0.25, 0.3) is 0 Å². The third-order valence-corrected chi connectivity index (χ3v) is 1.23. The van der Waals surface area contributed by atoms with Gasteiger partial charge in [0.25, 0.3) is 0 Å². The molecule has 0 saturated carbocycles. The van der Waals surface area contributed by atoms with Gasteiger partial charge in [0.2, 0.25) is 0 Å². The van der Waals surface area contributed by atoms with Crippen LogP contribution in [0.2, 0.25) is 0 Å². The molecule has 0 atom stereocenters. The zero-order valence-corrected chi connectivity index (χ0v) is 9.52. The summed E-state index contributed by atoms with van der Waals surface area (Å²) in [5.41, 5.74) is 0.435. The summed E-state index contributed by atoms with van der Waals surface area (Å²) in [6.45, 7) is 3.87. The minimum Gasteiger partial charge on any atom is -0.545 e. The van der Waals surface area contributed by atoms with Crippen molar-refractivity contribution in [1.82, 2.24) is 0 Å². The number of carbonyl (C=O) groups is 1. The van der Waals surface area contributed by atoms with Gasteiger partial charge in [0.1, 0.15) is 0 Å². The summed E-state index contributed by atoms with van der Waals surface area (Å²) in [6.07, 6.45) is 3.96. The summed E-state index contributed by atoms with van der Waals surface area (Å²) >= 11 is 0. The van der Waals surface area contributed by atoms with Gasteiger partial charge in [0.15, 0.2) is 0 Å². The van der Waals surface area contributed by atoms with Gasteiger partial charge >= 0.3 is 29.6 Å². The van der Waals surface area contributed by atoms with Crippen molar-refractivity contribution < 1.29 is 39.5 Å². The van der Waals surface area contributed by atoms with E-state index in [2.05, 4.69) is 0 Å². The summed E-state index contributed by atoms with van der Waals surface area (Å²) in [6, 6.07) is 0. The topological polar surface area (TPSA) is 40.1 Å². The zero-order valence-electron chi connectivity index (χ0n) is 7.52. The van der Waals surface area contributed by atoms with Gasteiger partial charge in [-0.2, -0.15) is 0 Å². The van der Waals surface area contributed by atoms with Crippen molar-refractivity contribution in [3.8, 4) is 0 Å². The van der Waals surface area contributed by atoms with Crippen LogP contribution >= 0.6 is 0 Å². The number of carbonyl (C=O) groups excluding carboxylic acids is 1. The second-order valence-electron chi connectivity index (χ2n) is 2.18. The van der Waals surface area contributed by atoms with Crippen LogP contribution in [-0.2, 0) is 4.79 Å². The van der Waals surface area contributed by atoms with Crippen molar-refractivity contribution in [1.29, 1.82) is 0 Å². The van der Waals surface area contributed by atoms with Gasteiger partial charge in [-0.05, 0) is 18.4 Å². The summed E-state index contributed by atoms with van der Waals surface area (Å²) < 4.78 is 0. The van der Waals surface area contributed by atoms with Crippen LogP contribution in [0.4, 0.5) is 0 Å². The zero-order chi connectivity index (χ0) is 7.98. The maximum Gasteiger partial charge on any atom is 1.00 e. The van der Waals surface area contributed by atoms with Crippen LogP contribution in [0, 0.1) is 0 Å². The minimum atomic E-state index is -1.02. The van der Waals surface area contributed by atoms with Gasteiger partial charge in [-0.15, -0.1) is 0 Å². The van der Waals surface area contributed by atoms with Crippen molar-refractivity contribution in [2.45, 2.75) is 33.1 Å². The van der Waals surface area contributed by atoms with Gasteiger partial charge < -0.3 is 9.90 Å². The molecule has 11 heavy (non-hydrogen) atoms. The number of hydrogen-bond donors (Lipinski definition) is 0. The third kappa shape index (κ3) is 6.60. The van der Waals surface area contributed by atoms with E-state index in [9.17, 15) is 9.90 Å². The monoisotopic (exact) mass is 164 g/mol. The average Bonchev–Trinajstić information content (AvgIpc) is 1.87. The Bertz CT molecular complexity index is 141. The molecule has 0 saturated heterocycles. The van der Waals surface area contributed by atoms with Crippen molar-refractivity contribution in [3.63, 3.8) is 0 Å². The molecular weight excluding hydrogens is 151 g/mol. The molecule has 0 aliphatic heterocycles. The molecule has 0 aliphatic carbocycles. The Morgan fingerprint density at radius 2 is 2.00 bits per heavy atom. The standard InChI is InChI=1S/C8H14O2.Na/c1-3-5-7(6-4-2)8(9)10;/h5H,3-4,6H2,1-2H3,(H,9,10);/q;+1/p-1. The van der Waals surface area contributed by atoms with Crippen molar-refractivity contribution in [2.24, 2.45) is 0 Å². The van der Waals surface area contributed by atoms with Gasteiger partial charge in [-0.3, -0.25) is 0 Å². The van der Waals surface area contributed by atoms with Crippen LogP contribution in [-0.4, -0.2) is 5.97 Å². The molecule has 0 heterocycles. The molecule has 0 spiro atoms. The Morgan fingerprint density at radius 3 is 2.27 bits per heavy atom. The summed E-state index contributed by atoms with van der Waals surface area (Å²) in [5.74, 6) is -1.02. The first kappa shape index (κ1) is 13.8. The van der Waals surface area contributed by atoms with E-state index >= 15 is 0 Å². The van der Waals surface area contributed by atoms with Crippen LogP contribution < -0.4 is 34.7 Å². The Balaban J connectivity index is 0. The van der Waals surface area contributed by atoms with Gasteiger partial charge in [-0.25, -0.2) is 0 Å². The molecule has 0 aromatic heterocycles. The molecule has 2 nitrogen and oxygen atoms in total. The predicted molar refractivity (Wildman–Crippen MR) is 38.3 cm³/mol. The first-order valence-electron chi connectivity index (χ1n) is 3.62.